The molecular formula is C11H17NO2S. The molecule has 0 aromatic carbocycles. The zero-order valence-electron chi connectivity index (χ0n) is 9.28. The molecule has 3 nitrogen and oxygen atoms in total. The maximum absolute atomic E-state index is 10.6. The maximum Gasteiger partial charge on any atom is 0.336 e. The molecule has 0 amide bonds. The Bertz CT molecular complexity index is 333. The van der Waals surface area contributed by atoms with Crippen LogP contribution < -0.4 is 5.32 Å². The summed E-state index contributed by atoms with van der Waals surface area (Å²) in [6.45, 7) is 7.21. The summed E-state index contributed by atoms with van der Waals surface area (Å²) in [6, 6.07) is 2.17. The molecule has 1 rings (SSSR count). The third-order valence-corrected chi connectivity index (χ3v) is 3.44. The number of hydrogen-bond acceptors (Lipinski definition) is 3. The summed E-state index contributed by atoms with van der Waals surface area (Å²) in [7, 11) is 0. The van der Waals surface area contributed by atoms with Gasteiger partial charge in [0.25, 0.3) is 0 Å². The van der Waals surface area contributed by atoms with Crippen LogP contribution in [0.3, 0.4) is 0 Å². The van der Waals surface area contributed by atoms with Gasteiger partial charge in [0, 0.05) is 22.8 Å². The molecule has 4 heteroatoms. The first kappa shape index (κ1) is 12.2. The van der Waals surface area contributed by atoms with Crippen molar-refractivity contribution in [3.8, 4) is 0 Å². The van der Waals surface area contributed by atoms with Gasteiger partial charge in [0.2, 0.25) is 0 Å². The molecule has 0 radical (unpaired) electrons. The van der Waals surface area contributed by atoms with Gasteiger partial charge in [0.05, 0.1) is 5.56 Å². The number of rotatable bonds is 5. The van der Waals surface area contributed by atoms with E-state index in [1.807, 2.05) is 0 Å². The molecular weight excluding hydrogens is 210 g/mol. The molecule has 2 N–H and O–H groups in total. The molecule has 84 valence electrons. The molecule has 0 saturated carbocycles. The van der Waals surface area contributed by atoms with Crippen LogP contribution in [0.25, 0.3) is 0 Å². The van der Waals surface area contributed by atoms with Gasteiger partial charge >= 0.3 is 5.97 Å². The first-order chi connectivity index (χ1) is 7.00. The van der Waals surface area contributed by atoms with E-state index in [9.17, 15) is 4.79 Å². The second kappa shape index (κ2) is 5.28. The summed E-state index contributed by atoms with van der Waals surface area (Å²) in [6.07, 6.45) is 0. The fraction of sp³-hybridized carbons (Fsp3) is 0.545. The molecule has 0 saturated heterocycles. The Kier molecular flexibility index (Phi) is 4.29. The van der Waals surface area contributed by atoms with E-state index in [0.29, 0.717) is 17.5 Å². The summed E-state index contributed by atoms with van der Waals surface area (Å²) in [4.78, 5) is 11.7. The normalized spacial score (nSPS) is 13.1. The van der Waals surface area contributed by atoms with Crippen LogP contribution in [0.15, 0.2) is 11.4 Å². The molecule has 1 aromatic heterocycles. The summed E-state index contributed by atoms with van der Waals surface area (Å²) in [5, 5.41) is 13.8. The summed E-state index contributed by atoms with van der Waals surface area (Å²) in [5.41, 5.74) is 0.383. The van der Waals surface area contributed by atoms with E-state index in [2.05, 4.69) is 26.1 Å². The van der Waals surface area contributed by atoms with E-state index in [0.717, 1.165) is 11.4 Å². The number of carboxylic acid groups (broad SMARTS) is 1. The van der Waals surface area contributed by atoms with Crippen molar-refractivity contribution in [3.05, 3.63) is 21.9 Å². The Labute approximate surface area is 94.1 Å². The number of aromatic carboxylic acids is 1. The number of carbonyl (C=O) groups is 1. The lowest BCUT2D eigenvalue weighted by Crippen LogP contribution is -2.29. The highest BCUT2D eigenvalue weighted by molar-refractivity contribution is 7.10. The number of carboxylic acids is 1. The summed E-state index contributed by atoms with van der Waals surface area (Å²) < 4.78 is 0. The molecule has 0 aliphatic heterocycles. The first-order valence-corrected chi connectivity index (χ1v) is 5.92. The van der Waals surface area contributed by atoms with E-state index in [1.54, 1.807) is 11.4 Å². The van der Waals surface area contributed by atoms with Crippen molar-refractivity contribution in [1.82, 2.24) is 5.32 Å². The van der Waals surface area contributed by atoms with Crippen molar-refractivity contribution < 1.29 is 9.90 Å². The average Bonchev–Trinajstić information content (AvgIpc) is 2.62. The SMILES string of the molecule is CC(C)C(C)NCc1cc(C(=O)O)cs1. The molecule has 0 fully saturated rings. The molecule has 1 aromatic rings. The van der Waals surface area contributed by atoms with Crippen LogP contribution in [0.4, 0.5) is 0 Å². The maximum atomic E-state index is 10.6. The van der Waals surface area contributed by atoms with Crippen molar-refractivity contribution >= 4 is 17.3 Å². The molecule has 0 aliphatic rings. The molecule has 1 atom stereocenters. The van der Waals surface area contributed by atoms with E-state index >= 15 is 0 Å². The quantitative estimate of drug-likeness (QED) is 0.813. The van der Waals surface area contributed by atoms with Crippen LogP contribution in [-0.4, -0.2) is 17.1 Å². The van der Waals surface area contributed by atoms with Gasteiger partial charge in [-0.15, -0.1) is 11.3 Å². The minimum absolute atomic E-state index is 0.383. The Balaban J connectivity index is 2.48. The minimum Gasteiger partial charge on any atom is -0.478 e. The Morgan fingerprint density at radius 2 is 2.20 bits per heavy atom. The van der Waals surface area contributed by atoms with E-state index < -0.39 is 5.97 Å². The molecule has 0 bridgehead atoms. The lowest BCUT2D eigenvalue weighted by atomic mass is 10.1. The second-order valence-electron chi connectivity index (χ2n) is 4.02. The molecule has 15 heavy (non-hydrogen) atoms. The van der Waals surface area contributed by atoms with Gasteiger partial charge in [-0.1, -0.05) is 13.8 Å². The smallest absolute Gasteiger partial charge is 0.336 e. The van der Waals surface area contributed by atoms with Crippen molar-refractivity contribution in [2.24, 2.45) is 5.92 Å². The Morgan fingerprint density at radius 3 is 2.67 bits per heavy atom. The monoisotopic (exact) mass is 227 g/mol. The lowest BCUT2D eigenvalue weighted by Gasteiger charge is -2.16. The highest BCUT2D eigenvalue weighted by Crippen LogP contribution is 2.15. The predicted molar refractivity (Wildman–Crippen MR) is 62.4 cm³/mol. The van der Waals surface area contributed by atoms with Crippen LogP contribution in [0.2, 0.25) is 0 Å². The van der Waals surface area contributed by atoms with E-state index in [1.165, 1.54) is 11.3 Å². The zero-order valence-corrected chi connectivity index (χ0v) is 10.1. The van der Waals surface area contributed by atoms with Crippen LogP contribution in [0.5, 0.6) is 0 Å². The van der Waals surface area contributed by atoms with Gasteiger partial charge in [-0.3, -0.25) is 0 Å². The van der Waals surface area contributed by atoms with Gasteiger partial charge in [-0.05, 0) is 18.9 Å². The third kappa shape index (κ3) is 3.64. The van der Waals surface area contributed by atoms with Crippen LogP contribution >= 0.6 is 11.3 Å². The van der Waals surface area contributed by atoms with Gasteiger partial charge in [-0.25, -0.2) is 4.79 Å². The van der Waals surface area contributed by atoms with Gasteiger partial charge in [-0.2, -0.15) is 0 Å². The Hall–Kier alpha value is -0.870. The molecule has 0 spiro atoms. The van der Waals surface area contributed by atoms with Gasteiger partial charge in [0.15, 0.2) is 0 Å². The molecule has 1 heterocycles. The predicted octanol–water partition coefficient (Wildman–Crippen LogP) is 2.58. The van der Waals surface area contributed by atoms with Crippen molar-refractivity contribution in [2.45, 2.75) is 33.4 Å². The lowest BCUT2D eigenvalue weighted by molar-refractivity contribution is 0.0697. The standard InChI is InChI=1S/C11H17NO2S/c1-7(2)8(3)12-5-10-4-9(6-15-10)11(13)14/h4,6-8,12H,5H2,1-3H3,(H,13,14). The first-order valence-electron chi connectivity index (χ1n) is 5.04. The average molecular weight is 227 g/mol. The topological polar surface area (TPSA) is 49.3 Å². The fourth-order valence-corrected chi connectivity index (χ4v) is 1.89. The zero-order chi connectivity index (χ0) is 11.4. The Morgan fingerprint density at radius 1 is 1.53 bits per heavy atom. The largest absolute Gasteiger partial charge is 0.478 e. The highest BCUT2D eigenvalue weighted by atomic mass is 32.1. The van der Waals surface area contributed by atoms with Crippen LogP contribution in [-0.2, 0) is 6.54 Å². The van der Waals surface area contributed by atoms with Crippen molar-refractivity contribution in [2.75, 3.05) is 0 Å². The second-order valence-corrected chi connectivity index (χ2v) is 5.02. The summed E-state index contributed by atoms with van der Waals surface area (Å²) in [5.74, 6) is -0.265. The number of nitrogens with one attached hydrogen (secondary N) is 1. The van der Waals surface area contributed by atoms with Crippen LogP contribution in [0, 0.1) is 5.92 Å². The van der Waals surface area contributed by atoms with Crippen molar-refractivity contribution in [1.29, 1.82) is 0 Å². The van der Waals surface area contributed by atoms with Gasteiger partial charge in [0.1, 0.15) is 0 Å². The molecule has 1 unspecified atom stereocenters. The van der Waals surface area contributed by atoms with E-state index in [4.69, 9.17) is 5.11 Å². The fourth-order valence-electron chi connectivity index (χ4n) is 1.08. The molecule has 0 aliphatic carbocycles. The number of thiophene rings is 1. The van der Waals surface area contributed by atoms with Gasteiger partial charge < -0.3 is 10.4 Å². The number of hydrogen-bond donors (Lipinski definition) is 2. The van der Waals surface area contributed by atoms with Crippen molar-refractivity contribution in [3.63, 3.8) is 0 Å². The highest BCUT2D eigenvalue weighted by Gasteiger charge is 2.09. The summed E-state index contributed by atoms with van der Waals surface area (Å²) >= 11 is 1.49. The van der Waals surface area contributed by atoms with E-state index in [-0.39, 0.29) is 0 Å². The third-order valence-electron chi connectivity index (χ3n) is 2.50. The van der Waals surface area contributed by atoms with Crippen LogP contribution in [0.1, 0.15) is 36.0 Å². The minimum atomic E-state index is -0.852.